The summed E-state index contributed by atoms with van der Waals surface area (Å²) >= 11 is 1.79. The van der Waals surface area contributed by atoms with Gasteiger partial charge in [-0.15, -0.1) is 11.8 Å². The summed E-state index contributed by atoms with van der Waals surface area (Å²) in [5.41, 5.74) is 3.94. The summed E-state index contributed by atoms with van der Waals surface area (Å²) in [7, 11) is 0. The molecule has 1 aromatic carbocycles. The van der Waals surface area contributed by atoms with Crippen molar-refractivity contribution in [2.24, 2.45) is 0 Å². The Morgan fingerprint density at radius 1 is 1.25 bits per heavy atom. The Morgan fingerprint density at radius 2 is 2.15 bits per heavy atom. The first-order valence-electron chi connectivity index (χ1n) is 6.72. The first kappa shape index (κ1) is 13.2. The molecule has 0 spiro atoms. The maximum atomic E-state index is 5.88. The van der Waals surface area contributed by atoms with Gasteiger partial charge in [0.05, 0.1) is 5.56 Å². The van der Waals surface area contributed by atoms with E-state index in [9.17, 15) is 0 Å². The van der Waals surface area contributed by atoms with E-state index in [1.165, 1.54) is 5.56 Å². The largest absolute Gasteiger partial charge is 0.436 e. The number of aryl methyl sites for hydroxylation is 1. The molecule has 0 bridgehead atoms. The van der Waals surface area contributed by atoms with Crippen LogP contribution in [0.15, 0.2) is 46.0 Å². The van der Waals surface area contributed by atoms with Crippen LogP contribution in [0.1, 0.15) is 18.9 Å². The van der Waals surface area contributed by atoms with Gasteiger partial charge in [-0.1, -0.05) is 13.0 Å². The van der Waals surface area contributed by atoms with Crippen LogP contribution in [0.2, 0.25) is 0 Å². The average Bonchev–Trinajstić information content (AvgIpc) is 2.88. The van der Waals surface area contributed by atoms with Gasteiger partial charge in [-0.2, -0.15) is 0 Å². The van der Waals surface area contributed by atoms with Gasteiger partial charge in [0.25, 0.3) is 0 Å². The molecule has 0 unspecified atom stereocenters. The minimum absolute atomic E-state index is 0.673. The zero-order valence-corrected chi connectivity index (χ0v) is 12.4. The molecule has 0 radical (unpaired) electrons. The third-order valence-corrected chi connectivity index (χ3v) is 4.27. The molecule has 2 heterocycles. The first-order valence-corrected chi connectivity index (χ1v) is 7.71. The van der Waals surface area contributed by atoms with Crippen LogP contribution >= 0.6 is 11.8 Å². The van der Waals surface area contributed by atoms with E-state index in [0.717, 1.165) is 33.7 Å². The highest BCUT2D eigenvalue weighted by atomic mass is 32.2. The third-order valence-electron chi connectivity index (χ3n) is 3.02. The van der Waals surface area contributed by atoms with Crippen molar-refractivity contribution in [1.29, 1.82) is 0 Å². The van der Waals surface area contributed by atoms with Crippen LogP contribution in [-0.2, 0) is 0 Å². The fraction of sp³-hybridized carbons (Fsp3) is 0.250. The summed E-state index contributed by atoms with van der Waals surface area (Å²) in [6.07, 6.45) is 4.80. The maximum absolute atomic E-state index is 5.88. The van der Waals surface area contributed by atoms with Crippen molar-refractivity contribution >= 4 is 22.9 Å². The standard InChI is InChI=1S/C16H16N2OS/c1-3-8-20-15-10-17-7-6-12(15)16-18-13-9-11(2)4-5-14(13)19-16/h4-7,9-10H,3,8H2,1-2H3. The number of pyridine rings is 1. The molecule has 3 rings (SSSR count). The summed E-state index contributed by atoms with van der Waals surface area (Å²) in [5.74, 6) is 1.74. The molecule has 4 heteroatoms. The number of hydrogen-bond donors (Lipinski definition) is 0. The molecule has 0 fully saturated rings. The Bertz CT molecular complexity index is 736. The van der Waals surface area contributed by atoms with E-state index in [1.807, 2.05) is 30.5 Å². The molecule has 102 valence electrons. The molecule has 20 heavy (non-hydrogen) atoms. The molecule has 0 saturated carbocycles. The number of benzene rings is 1. The van der Waals surface area contributed by atoms with E-state index in [0.29, 0.717) is 5.89 Å². The topological polar surface area (TPSA) is 38.9 Å². The number of hydrogen-bond acceptors (Lipinski definition) is 4. The maximum Gasteiger partial charge on any atom is 0.228 e. The van der Waals surface area contributed by atoms with Gasteiger partial charge < -0.3 is 4.42 Å². The van der Waals surface area contributed by atoms with E-state index >= 15 is 0 Å². The Labute approximate surface area is 122 Å². The van der Waals surface area contributed by atoms with Crippen LogP contribution in [0.4, 0.5) is 0 Å². The molecule has 0 saturated heterocycles. The van der Waals surface area contributed by atoms with E-state index in [2.05, 4.69) is 23.8 Å². The smallest absolute Gasteiger partial charge is 0.228 e. The van der Waals surface area contributed by atoms with Crippen molar-refractivity contribution in [2.75, 3.05) is 5.75 Å². The summed E-state index contributed by atoms with van der Waals surface area (Å²) in [4.78, 5) is 9.93. The van der Waals surface area contributed by atoms with Crippen molar-refractivity contribution in [3.8, 4) is 11.5 Å². The van der Waals surface area contributed by atoms with Crippen molar-refractivity contribution in [3.05, 3.63) is 42.2 Å². The minimum Gasteiger partial charge on any atom is -0.436 e. The van der Waals surface area contributed by atoms with E-state index in [1.54, 1.807) is 18.0 Å². The molecule has 0 amide bonds. The lowest BCUT2D eigenvalue weighted by Gasteiger charge is -2.03. The fourth-order valence-electron chi connectivity index (χ4n) is 2.04. The number of thioether (sulfide) groups is 1. The molecular weight excluding hydrogens is 268 g/mol. The lowest BCUT2D eigenvalue weighted by atomic mass is 10.2. The van der Waals surface area contributed by atoms with Gasteiger partial charge in [0.2, 0.25) is 5.89 Å². The van der Waals surface area contributed by atoms with E-state index < -0.39 is 0 Å². The van der Waals surface area contributed by atoms with Gasteiger partial charge >= 0.3 is 0 Å². The second-order valence-corrected chi connectivity index (χ2v) is 5.85. The second kappa shape index (κ2) is 5.67. The lowest BCUT2D eigenvalue weighted by molar-refractivity contribution is 0.618. The van der Waals surface area contributed by atoms with Crippen molar-refractivity contribution < 1.29 is 4.42 Å². The molecule has 3 aromatic rings. The van der Waals surface area contributed by atoms with Crippen LogP contribution in [0, 0.1) is 6.92 Å². The highest BCUT2D eigenvalue weighted by Crippen LogP contribution is 2.32. The van der Waals surface area contributed by atoms with Gasteiger partial charge in [-0.05, 0) is 42.9 Å². The number of fused-ring (bicyclic) bond motifs is 1. The predicted molar refractivity (Wildman–Crippen MR) is 83.0 cm³/mol. The summed E-state index contributed by atoms with van der Waals surface area (Å²) in [6.45, 7) is 4.23. The van der Waals surface area contributed by atoms with Gasteiger partial charge in [0.15, 0.2) is 5.58 Å². The first-order chi connectivity index (χ1) is 9.78. The number of rotatable bonds is 4. The Morgan fingerprint density at radius 3 is 3.00 bits per heavy atom. The predicted octanol–water partition coefficient (Wildman–Crippen LogP) is 4.70. The summed E-state index contributed by atoms with van der Waals surface area (Å²) < 4.78 is 5.88. The molecule has 0 N–H and O–H groups in total. The molecule has 3 nitrogen and oxygen atoms in total. The Balaban J connectivity index is 2.06. The quantitative estimate of drug-likeness (QED) is 0.651. The monoisotopic (exact) mass is 284 g/mol. The average molecular weight is 284 g/mol. The number of aromatic nitrogens is 2. The molecular formula is C16H16N2OS. The summed E-state index contributed by atoms with van der Waals surface area (Å²) in [6, 6.07) is 8.02. The number of oxazole rings is 1. The Hall–Kier alpha value is -1.81. The zero-order chi connectivity index (χ0) is 13.9. The van der Waals surface area contributed by atoms with Gasteiger partial charge in [-0.25, -0.2) is 4.98 Å². The Kier molecular flexibility index (Phi) is 3.74. The van der Waals surface area contributed by atoms with Gasteiger partial charge in [0.1, 0.15) is 5.52 Å². The molecule has 0 aliphatic carbocycles. The summed E-state index contributed by atoms with van der Waals surface area (Å²) in [5, 5.41) is 0. The van der Waals surface area contributed by atoms with Crippen LogP contribution in [0.3, 0.4) is 0 Å². The van der Waals surface area contributed by atoms with Crippen molar-refractivity contribution in [3.63, 3.8) is 0 Å². The molecule has 0 atom stereocenters. The SMILES string of the molecule is CCCSc1cnccc1-c1nc2cc(C)ccc2o1. The van der Waals surface area contributed by atoms with Crippen LogP contribution in [-0.4, -0.2) is 15.7 Å². The van der Waals surface area contributed by atoms with Crippen LogP contribution in [0.25, 0.3) is 22.6 Å². The lowest BCUT2D eigenvalue weighted by Crippen LogP contribution is -1.85. The highest BCUT2D eigenvalue weighted by Gasteiger charge is 2.12. The van der Waals surface area contributed by atoms with Crippen LogP contribution in [0.5, 0.6) is 0 Å². The number of nitrogens with zero attached hydrogens (tertiary/aromatic N) is 2. The molecule has 0 aliphatic heterocycles. The van der Waals surface area contributed by atoms with Gasteiger partial charge in [0, 0.05) is 17.3 Å². The zero-order valence-electron chi connectivity index (χ0n) is 11.6. The molecule has 0 aliphatic rings. The third kappa shape index (κ3) is 2.56. The van der Waals surface area contributed by atoms with Gasteiger partial charge in [-0.3, -0.25) is 4.98 Å². The van der Waals surface area contributed by atoms with E-state index in [4.69, 9.17) is 4.42 Å². The van der Waals surface area contributed by atoms with E-state index in [-0.39, 0.29) is 0 Å². The second-order valence-electron chi connectivity index (χ2n) is 4.71. The van der Waals surface area contributed by atoms with Crippen molar-refractivity contribution in [1.82, 2.24) is 9.97 Å². The minimum atomic E-state index is 0.673. The van der Waals surface area contributed by atoms with Crippen LogP contribution < -0.4 is 0 Å². The molecule has 2 aromatic heterocycles. The fourth-order valence-corrected chi connectivity index (χ4v) is 2.91. The highest BCUT2D eigenvalue weighted by molar-refractivity contribution is 7.99. The normalized spacial score (nSPS) is 11.1. The van der Waals surface area contributed by atoms with Crippen molar-refractivity contribution in [2.45, 2.75) is 25.2 Å².